The third-order valence-corrected chi connectivity index (χ3v) is 3.91. The van der Waals surface area contributed by atoms with Gasteiger partial charge in [-0.05, 0) is 22.0 Å². The van der Waals surface area contributed by atoms with E-state index in [0.29, 0.717) is 6.54 Å². The van der Waals surface area contributed by atoms with Gasteiger partial charge in [0.15, 0.2) is 0 Å². The highest BCUT2D eigenvalue weighted by Crippen LogP contribution is 2.30. The summed E-state index contributed by atoms with van der Waals surface area (Å²) in [6.07, 6.45) is 0. The number of non-ortho nitro benzene ring substituents is 1. The third kappa shape index (κ3) is 3.43. The SMILES string of the molecule is O=[N+]([O-])c1ccc(N2CCN(CCO)CC2)c(Br)c1. The number of nitrogens with zero attached hydrogens (tertiary/aromatic N) is 3. The molecule has 7 heteroatoms. The summed E-state index contributed by atoms with van der Waals surface area (Å²) in [5.41, 5.74) is 1.07. The fourth-order valence-electron chi connectivity index (χ4n) is 2.22. The van der Waals surface area contributed by atoms with Gasteiger partial charge in [-0.25, -0.2) is 0 Å². The smallest absolute Gasteiger partial charge is 0.270 e. The van der Waals surface area contributed by atoms with Gasteiger partial charge in [0.05, 0.1) is 17.2 Å². The first kappa shape index (κ1) is 14.2. The Labute approximate surface area is 119 Å². The van der Waals surface area contributed by atoms with E-state index >= 15 is 0 Å². The van der Waals surface area contributed by atoms with Gasteiger partial charge in [0.2, 0.25) is 0 Å². The van der Waals surface area contributed by atoms with Crippen molar-refractivity contribution in [2.45, 2.75) is 0 Å². The molecule has 0 bridgehead atoms. The monoisotopic (exact) mass is 329 g/mol. The molecule has 0 amide bonds. The van der Waals surface area contributed by atoms with Crippen molar-refractivity contribution in [2.75, 3.05) is 44.2 Å². The molecule has 0 saturated carbocycles. The molecule has 1 aliphatic heterocycles. The van der Waals surface area contributed by atoms with E-state index in [4.69, 9.17) is 5.11 Å². The number of β-amino-alcohol motifs (C(OH)–C–C–N with tert-alkyl or cyclic N) is 1. The zero-order valence-corrected chi connectivity index (χ0v) is 12.0. The normalized spacial score (nSPS) is 16.6. The van der Waals surface area contributed by atoms with Crippen LogP contribution in [0.3, 0.4) is 0 Å². The molecule has 6 nitrogen and oxygen atoms in total. The Balaban J connectivity index is 2.05. The van der Waals surface area contributed by atoms with Gasteiger partial charge < -0.3 is 10.0 Å². The average molecular weight is 330 g/mol. The summed E-state index contributed by atoms with van der Waals surface area (Å²) in [5, 5.41) is 19.6. The topological polar surface area (TPSA) is 69.9 Å². The maximum Gasteiger partial charge on any atom is 0.270 e. The lowest BCUT2D eigenvalue weighted by atomic mass is 10.2. The molecule has 0 unspecified atom stereocenters. The molecule has 0 atom stereocenters. The Morgan fingerprint density at radius 2 is 2.00 bits per heavy atom. The van der Waals surface area contributed by atoms with E-state index in [2.05, 4.69) is 25.7 Å². The summed E-state index contributed by atoms with van der Waals surface area (Å²) < 4.78 is 0.748. The van der Waals surface area contributed by atoms with E-state index in [1.807, 2.05) is 0 Å². The molecule has 1 aromatic rings. The second-order valence-corrected chi connectivity index (χ2v) is 5.30. The molecule has 0 spiro atoms. The fraction of sp³-hybridized carbons (Fsp3) is 0.500. The average Bonchev–Trinajstić information content (AvgIpc) is 2.40. The third-order valence-electron chi connectivity index (χ3n) is 3.27. The van der Waals surface area contributed by atoms with Gasteiger partial charge in [0.1, 0.15) is 0 Å². The van der Waals surface area contributed by atoms with Crippen LogP contribution in [-0.2, 0) is 0 Å². The van der Waals surface area contributed by atoms with Gasteiger partial charge in [0.25, 0.3) is 5.69 Å². The van der Waals surface area contributed by atoms with Gasteiger partial charge in [0, 0.05) is 49.3 Å². The van der Waals surface area contributed by atoms with Crippen molar-refractivity contribution in [1.29, 1.82) is 0 Å². The molecule has 1 fully saturated rings. The Kier molecular flexibility index (Phi) is 4.73. The van der Waals surface area contributed by atoms with Crippen LogP contribution in [0.15, 0.2) is 22.7 Å². The lowest BCUT2D eigenvalue weighted by Crippen LogP contribution is -2.47. The van der Waals surface area contributed by atoms with Crippen LogP contribution in [-0.4, -0.2) is 54.3 Å². The first-order chi connectivity index (χ1) is 9.11. The lowest BCUT2D eigenvalue weighted by Gasteiger charge is -2.36. The van der Waals surface area contributed by atoms with Crippen molar-refractivity contribution in [3.05, 3.63) is 32.8 Å². The minimum atomic E-state index is -0.395. The molecule has 1 heterocycles. The van der Waals surface area contributed by atoms with Crippen molar-refractivity contribution in [1.82, 2.24) is 4.90 Å². The molecule has 104 valence electrons. The summed E-state index contributed by atoms with van der Waals surface area (Å²) in [4.78, 5) is 14.7. The van der Waals surface area contributed by atoms with Crippen molar-refractivity contribution in [2.24, 2.45) is 0 Å². The predicted molar refractivity (Wildman–Crippen MR) is 76.5 cm³/mol. The molecule has 0 aliphatic carbocycles. The number of nitro benzene ring substituents is 1. The molecule has 19 heavy (non-hydrogen) atoms. The molecule has 1 N–H and O–H groups in total. The highest BCUT2D eigenvalue weighted by Gasteiger charge is 2.19. The second kappa shape index (κ2) is 6.31. The molecular weight excluding hydrogens is 314 g/mol. The van der Waals surface area contributed by atoms with Crippen LogP contribution in [0.25, 0.3) is 0 Å². The predicted octanol–water partition coefficient (Wildman–Crippen LogP) is 1.47. The maximum absolute atomic E-state index is 10.7. The second-order valence-electron chi connectivity index (χ2n) is 4.45. The van der Waals surface area contributed by atoms with Gasteiger partial charge in [-0.3, -0.25) is 15.0 Å². The van der Waals surface area contributed by atoms with Crippen LogP contribution in [0.5, 0.6) is 0 Å². The molecule has 1 aliphatic rings. The van der Waals surface area contributed by atoms with Crippen LogP contribution < -0.4 is 4.90 Å². The summed E-state index contributed by atoms with van der Waals surface area (Å²) in [5.74, 6) is 0. The number of halogens is 1. The highest BCUT2D eigenvalue weighted by molar-refractivity contribution is 9.10. The van der Waals surface area contributed by atoms with Gasteiger partial charge in [-0.15, -0.1) is 0 Å². The Hall–Kier alpha value is -1.18. The van der Waals surface area contributed by atoms with E-state index in [-0.39, 0.29) is 12.3 Å². The molecule has 1 saturated heterocycles. The first-order valence-electron chi connectivity index (χ1n) is 6.14. The number of benzene rings is 1. The standard InChI is InChI=1S/C12H16BrN3O3/c13-11-9-10(16(18)19)1-2-12(11)15-5-3-14(4-6-15)7-8-17/h1-2,9,17H,3-8H2. The Morgan fingerprint density at radius 1 is 1.32 bits per heavy atom. The number of piperazine rings is 1. The van der Waals surface area contributed by atoms with Crippen LogP contribution in [0.1, 0.15) is 0 Å². The largest absolute Gasteiger partial charge is 0.395 e. The molecule has 0 aromatic heterocycles. The first-order valence-corrected chi connectivity index (χ1v) is 6.93. The maximum atomic E-state index is 10.7. The number of nitro groups is 1. The number of rotatable bonds is 4. The van der Waals surface area contributed by atoms with Crippen LogP contribution in [0, 0.1) is 10.1 Å². The zero-order chi connectivity index (χ0) is 13.8. The molecular formula is C12H16BrN3O3. The van der Waals surface area contributed by atoms with Crippen molar-refractivity contribution in [3.8, 4) is 0 Å². The van der Waals surface area contributed by atoms with E-state index in [1.54, 1.807) is 6.07 Å². The van der Waals surface area contributed by atoms with Crippen LogP contribution in [0.2, 0.25) is 0 Å². The fourth-order valence-corrected chi connectivity index (χ4v) is 2.84. The minimum Gasteiger partial charge on any atom is -0.395 e. The van der Waals surface area contributed by atoms with E-state index < -0.39 is 4.92 Å². The highest BCUT2D eigenvalue weighted by atomic mass is 79.9. The molecule has 2 rings (SSSR count). The van der Waals surface area contributed by atoms with Crippen molar-refractivity contribution < 1.29 is 10.0 Å². The molecule has 1 aromatic carbocycles. The van der Waals surface area contributed by atoms with E-state index in [0.717, 1.165) is 36.3 Å². The summed E-state index contributed by atoms with van der Waals surface area (Å²) >= 11 is 3.40. The van der Waals surface area contributed by atoms with Gasteiger partial charge in [-0.2, -0.15) is 0 Å². The zero-order valence-electron chi connectivity index (χ0n) is 10.5. The van der Waals surface area contributed by atoms with Crippen LogP contribution in [0.4, 0.5) is 11.4 Å². The number of anilines is 1. The van der Waals surface area contributed by atoms with Crippen molar-refractivity contribution >= 4 is 27.3 Å². The Bertz CT molecular complexity index is 462. The lowest BCUT2D eigenvalue weighted by molar-refractivity contribution is -0.384. The number of aliphatic hydroxyl groups excluding tert-OH is 1. The summed E-state index contributed by atoms with van der Waals surface area (Å²) in [6, 6.07) is 4.85. The van der Waals surface area contributed by atoms with E-state index in [1.165, 1.54) is 12.1 Å². The van der Waals surface area contributed by atoms with Crippen LogP contribution >= 0.6 is 15.9 Å². The Morgan fingerprint density at radius 3 is 2.53 bits per heavy atom. The summed E-state index contributed by atoms with van der Waals surface area (Å²) in [7, 11) is 0. The van der Waals surface area contributed by atoms with Crippen molar-refractivity contribution in [3.63, 3.8) is 0 Å². The quantitative estimate of drug-likeness (QED) is 0.669. The number of hydrogen-bond donors (Lipinski definition) is 1. The summed E-state index contributed by atoms with van der Waals surface area (Å²) in [6.45, 7) is 4.39. The number of hydrogen-bond acceptors (Lipinski definition) is 5. The minimum absolute atomic E-state index is 0.0922. The van der Waals surface area contributed by atoms with Gasteiger partial charge in [-0.1, -0.05) is 0 Å². The number of aliphatic hydroxyl groups is 1. The van der Waals surface area contributed by atoms with Gasteiger partial charge >= 0.3 is 0 Å². The molecule has 0 radical (unpaired) electrons. The van der Waals surface area contributed by atoms with E-state index in [9.17, 15) is 10.1 Å².